The van der Waals surface area contributed by atoms with E-state index in [1.54, 1.807) is 72.9 Å². The van der Waals surface area contributed by atoms with Crippen molar-refractivity contribution < 1.29 is 28.6 Å². The van der Waals surface area contributed by atoms with Gasteiger partial charge in [0.2, 0.25) is 0 Å². The smallest absolute Gasteiger partial charge is 0.419 e. The number of nitrogens with zero attached hydrogens (tertiary/aromatic N) is 1. The Bertz CT molecular complexity index is 1010. The van der Waals surface area contributed by atoms with E-state index in [-0.39, 0.29) is 12.3 Å². The van der Waals surface area contributed by atoms with Crippen molar-refractivity contribution in [1.29, 1.82) is 0 Å². The number of carbonyl (C=O) groups excluding carboxylic acids is 3. The minimum absolute atomic E-state index is 0.108. The van der Waals surface area contributed by atoms with Crippen molar-refractivity contribution in [3.05, 3.63) is 41.7 Å². The summed E-state index contributed by atoms with van der Waals surface area (Å²) < 4.78 is 17.1. The van der Waals surface area contributed by atoms with Crippen molar-refractivity contribution in [3.8, 4) is 0 Å². The lowest BCUT2D eigenvalue weighted by molar-refractivity contribution is -0.138. The van der Waals surface area contributed by atoms with Gasteiger partial charge in [0.05, 0.1) is 12.1 Å². The first-order valence-electron chi connectivity index (χ1n) is 10.0. The Balaban J connectivity index is 2.51. The van der Waals surface area contributed by atoms with Crippen molar-refractivity contribution in [1.82, 2.24) is 9.88 Å². The third-order valence-electron chi connectivity index (χ3n) is 3.76. The van der Waals surface area contributed by atoms with Crippen LogP contribution in [0.5, 0.6) is 0 Å². The van der Waals surface area contributed by atoms with E-state index in [0.29, 0.717) is 16.5 Å². The zero-order chi connectivity index (χ0) is 23.4. The summed E-state index contributed by atoms with van der Waals surface area (Å²) in [5.41, 5.74) is -0.393. The summed E-state index contributed by atoms with van der Waals surface area (Å²) >= 11 is 0. The van der Waals surface area contributed by atoms with Crippen LogP contribution in [0, 0.1) is 0 Å². The number of hydrogen-bond donors (Lipinski definition) is 1. The van der Waals surface area contributed by atoms with Crippen LogP contribution in [0.3, 0.4) is 0 Å². The van der Waals surface area contributed by atoms with Crippen LogP contribution in [-0.4, -0.2) is 40.5 Å². The van der Waals surface area contributed by atoms with Gasteiger partial charge in [-0.05, 0) is 60.6 Å². The quantitative estimate of drug-likeness (QED) is 0.423. The molecule has 0 atom stereocenters. The van der Waals surface area contributed by atoms with Gasteiger partial charge in [-0.25, -0.2) is 14.4 Å². The van der Waals surface area contributed by atoms with E-state index in [2.05, 4.69) is 5.32 Å². The predicted octanol–water partition coefficient (Wildman–Crippen LogP) is 4.85. The molecular weight excluding hydrogens is 400 g/mol. The third-order valence-corrected chi connectivity index (χ3v) is 3.76. The van der Waals surface area contributed by atoms with Gasteiger partial charge in [-0.3, -0.25) is 9.88 Å². The molecule has 0 unspecified atom stereocenters. The van der Waals surface area contributed by atoms with Gasteiger partial charge < -0.3 is 14.2 Å². The van der Waals surface area contributed by atoms with Crippen LogP contribution >= 0.6 is 0 Å². The van der Waals surface area contributed by atoms with Gasteiger partial charge in [-0.15, -0.1) is 0 Å². The molecule has 0 aliphatic carbocycles. The maximum Gasteiger partial charge on any atom is 0.419 e. The highest BCUT2D eigenvalue weighted by Crippen LogP contribution is 2.25. The zero-order valence-corrected chi connectivity index (χ0v) is 19.1. The van der Waals surface area contributed by atoms with Crippen LogP contribution < -0.4 is 5.32 Å². The van der Waals surface area contributed by atoms with Crippen LogP contribution in [0.4, 0.5) is 9.59 Å². The number of amides is 1. The van der Waals surface area contributed by atoms with Crippen molar-refractivity contribution in [2.75, 3.05) is 6.61 Å². The first kappa shape index (κ1) is 24.0. The molecule has 0 aliphatic heterocycles. The second-order valence-corrected chi connectivity index (χ2v) is 8.86. The second-order valence-electron chi connectivity index (χ2n) is 8.86. The summed E-state index contributed by atoms with van der Waals surface area (Å²) in [4.78, 5) is 37.4. The molecule has 0 aliphatic rings. The van der Waals surface area contributed by atoms with Crippen LogP contribution in [0.1, 0.15) is 54.0 Å². The molecule has 1 N–H and O–H groups in total. The molecule has 0 bridgehead atoms. The number of fused-ring (bicyclic) bond motifs is 1. The van der Waals surface area contributed by atoms with E-state index >= 15 is 0 Å². The van der Waals surface area contributed by atoms with Crippen LogP contribution in [0.15, 0.2) is 36.2 Å². The summed E-state index contributed by atoms with van der Waals surface area (Å²) in [7, 11) is 0. The van der Waals surface area contributed by atoms with Crippen molar-refractivity contribution >= 4 is 35.1 Å². The number of hydrogen-bond acceptors (Lipinski definition) is 6. The third kappa shape index (κ3) is 6.87. The van der Waals surface area contributed by atoms with Crippen molar-refractivity contribution in [2.24, 2.45) is 0 Å². The van der Waals surface area contributed by atoms with Crippen molar-refractivity contribution in [2.45, 2.75) is 59.7 Å². The average molecular weight is 431 g/mol. The average Bonchev–Trinajstić information content (AvgIpc) is 2.97. The lowest BCUT2D eigenvalue weighted by Crippen LogP contribution is -2.34. The monoisotopic (exact) mass is 430 g/mol. The molecule has 1 aromatic heterocycles. The van der Waals surface area contributed by atoms with E-state index in [1.165, 1.54) is 10.6 Å². The van der Waals surface area contributed by atoms with Crippen LogP contribution in [0.25, 0.3) is 17.0 Å². The molecule has 0 saturated carbocycles. The Morgan fingerprint density at radius 2 is 1.61 bits per heavy atom. The van der Waals surface area contributed by atoms with Gasteiger partial charge in [0.25, 0.3) is 0 Å². The lowest BCUT2D eigenvalue weighted by atomic mass is 10.1. The van der Waals surface area contributed by atoms with Crippen LogP contribution in [0.2, 0.25) is 0 Å². The Kier molecular flexibility index (Phi) is 7.15. The molecule has 31 heavy (non-hydrogen) atoms. The van der Waals surface area contributed by atoms with Gasteiger partial charge >= 0.3 is 18.2 Å². The van der Waals surface area contributed by atoms with E-state index in [4.69, 9.17) is 14.2 Å². The summed E-state index contributed by atoms with van der Waals surface area (Å²) in [5.74, 6) is -0.720. The number of esters is 1. The normalized spacial score (nSPS) is 12.4. The second kappa shape index (κ2) is 9.24. The Labute approximate surface area is 182 Å². The maximum atomic E-state index is 12.7. The fourth-order valence-corrected chi connectivity index (χ4v) is 2.71. The summed E-state index contributed by atoms with van der Waals surface area (Å²) in [6.45, 7) is 12.3. The minimum Gasteiger partial charge on any atom is -0.461 e. The maximum absolute atomic E-state index is 12.7. The number of alkyl carbamates (subject to hydrolysis) is 1. The van der Waals surface area contributed by atoms with E-state index in [0.717, 1.165) is 0 Å². The molecule has 1 amide bonds. The summed E-state index contributed by atoms with van der Waals surface area (Å²) in [6.07, 6.45) is 1.66. The first-order valence-corrected chi connectivity index (χ1v) is 10.0. The van der Waals surface area contributed by atoms with E-state index in [9.17, 15) is 14.4 Å². The molecule has 2 rings (SSSR count). The number of nitrogens with one attached hydrogen (secondary N) is 1. The molecule has 1 aromatic carbocycles. The molecule has 8 heteroatoms. The fraction of sp³-hybridized carbons (Fsp3) is 0.435. The molecule has 0 radical (unpaired) electrons. The highest BCUT2D eigenvalue weighted by atomic mass is 16.6. The van der Waals surface area contributed by atoms with Gasteiger partial charge in [0.1, 0.15) is 16.9 Å². The van der Waals surface area contributed by atoms with Gasteiger partial charge in [-0.2, -0.15) is 0 Å². The Hall–Kier alpha value is -3.29. The van der Waals surface area contributed by atoms with E-state index < -0.39 is 29.4 Å². The minimum atomic E-state index is -0.789. The molecule has 168 valence electrons. The number of para-hydroxylation sites is 1. The summed E-state index contributed by atoms with van der Waals surface area (Å²) in [5, 5.41) is 3.14. The Morgan fingerprint density at radius 3 is 2.19 bits per heavy atom. The van der Waals surface area contributed by atoms with Gasteiger partial charge in [0, 0.05) is 17.1 Å². The number of benzene rings is 1. The van der Waals surface area contributed by atoms with Gasteiger partial charge in [0.15, 0.2) is 0 Å². The number of rotatable bonds is 4. The first-order chi connectivity index (χ1) is 14.3. The largest absolute Gasteiger partial charge is 0.461 e. The molecule has 0 fully saturated rings. The number of ether oxygens (including phenoxy) is 3. The molecule has 0 spiro atoms. The van der Waals surface area contributed by atoms with Gasteiger partial charge in [-0.1, -0.05) is 18.2 Å². The van der Waals surface area contributed by atoms with E-state index in [1.807, 2.05) is 6.07 Å². The molecule has 1 heterocycles. The molecule has 2 aromatic rings. The van der Waals surface area contributed by atoms with Crippen LogP contribution in [-0.2, 0) is 19.0 Å². The highest BCUT2D eigenvalue weighted by molar-refractivity contribution is 6.01. The highest BCUT2D eigenvalue weighted by Gasteiger charge is 2.23. The summed E-state index contributed by atoms with van der Waals surface area (Å²) in [6, 6.07) is 7.17. The standard InChI is InChI=1S/C23H30N2O6/c1-8-29-19(26)17(24-20(27)30-22(2,3)4)13-15-14-25(21(28)31-23(5,6)7)18-12-10-9-11-16(15)18/h9-14H,8H2,1-7H3,(H,24,27)/b17-13-. The SMILES string of the molecule is CCOC(=O)/C(=C/c1cn(C(=O)OC(C)(C)C)c2ccccc12)NC(=O)OC(C)(C)C. The molecule has 8 nitrogen and oxygen atoms in total. The fourth-order valence-electron chi connectivity index (χ4n) is 2.71. The van der Waals surface area contributed by atoms with Crippen molar-refractivity contribution in [3.63, 3.8) is 0 Å². The number of carbonyl (C=O) groups is 3. The predicted molar refractivity (Wildman–Crippen MR) is 118 cm³/mol. The molecular formula is C23H30N2O6. The zero-order valence-electron chi connectivity index (χ0n) is 19.1. The topological polar surface area (TPSA) is 95.9 Å². The lowest BCUT2D eigenvalue weighted by Gasteiger charge is -2.20. The number of aromatic nitrogens is 1. The molecule has 0 saturated heterocycles. The Morgan fingerprint density at radius 1 is 1.00 bits per heavy atom.